The lowest BCUT2D eigenvalue weighted by Gasteiger charge is -2.33. The van der Waals surface area contributed by atoms with Crippen LogP contribution in [0.2, 0.25) is 0 Å². The van der Waals surface area contributed by atoms with Crippen molar-refractivity contribution < 1.29 is 4.79 Å². The number of amides is 1. The van der Waals surface area contributed by atoms with E-state index in [0.29, 0.717) is 11.1 Å². The van der Waals surface area contributed by atoms with Gasteiger partial charge in [0.05, 0.1) is 5.29 Å². The van der Waals surface area contributed by atoms with Crippen LogP contribution < -0.4 is 15.9 Å². The Balaban J connectivity index is 1.90. The van der Waals surface area contributed by atoms with Crippen LogP contribution >= 0.6 is 18.6 Å². The lowest BCUT2D eigenvalue weighted by molar-refractivity contribution is -0.111. The number of carbonyl (C=O) groups is 1. The fourth-order valence-electron chi connectivity index (χ4n) is 4.62. The van der Waals surface area contributed by atoms with Gasteiger partial charge in [0.2, 0.25) is 0 Å². The standard InChI is InChI=1S/C32H29N2OPS/c1-3-23-37-32-29(31(35)33-30(34-32)25-21-19-24(2)20-22-25)36(26-13-7-4-8-14-26,27-15-9-5-10-16-27)28-17-11-6-12-18-28/h4-22H,3,23H2,1-2H3. The topological polar surface area (TPSA) is 41.8 Å². The Labute approximate surface area is 223 Å². The van der Waals surface area contributed by atoms with Crippen molar-refractivity contribution in [2.24, 2.45) is 9.98 Å². The number of thioether (sulfide) groups is 1. The molecule has 184 valence electrons. The number of carbonyl (C=O) groups excluding carboxylic acids is 1. The fourth-order valence-corrected chi connectivity index (χ4v) is 10.2. The summed E-state index contributed by atoms with van der Waals surface area (Å²) in [6.07, 6.45) is 0.982. The van der Waals surface area contributed by atoms with Gasteiger partial charge in [-0.15, -0.1) is 11.8 Å². The van der Waals surface area contributed by atoms with E-state index in [1.54, 1.807) is 11.8 Å². The van der Waals surface area contributed by atoms with Gasteiger partial charge in [0.25, 0.3) is 5.91 Å². The minimum atomic E-state index is -2.60. The molecule has 0 spiro atoms. The summed E-state index contributed by atoms with van der Waals surface area (Å²) in [5.74, 6) is 1.16. The minimum Gasteiger partial charge on any atom is -0.267 e. The Hall–Kier alpha value is -3.46. The number of nitrogens with zero attached hydrogens (tertiary/aromatic N) is 2. The second kappa shape index (κ2) is 11.3. The first kappa shape index (κ1) is 25.2. The Morgan fingerprint density at radius 1 is 0.676 bits per heavy atom. The van der Waals surface area contributed by atoms with Crippen molar-refractivity contribution in [2.45, 2.75) is 20.3 Å². The third kappa shape index (κ3) is 4.92. The molecular weight excluding hydrogens is 491 g/mol. The zero-order valence-corrected chi connectivity index (χ0v) is 22.8. The molecule has 0 N–H and O–H groups in total. The van der Waals surface area contributed by atoms with Crippen LogP contribution in [-0.4, -0.2) is 27.8 Å². The summed E-state index contributed by atoms with van der Waals surface area (Å²) in [6, 6.07) is 39.3. The van der Waals surface area contributed by atoms with E-state index in [1.165, 1.54) is 0 Å². The molecule has 0 saturated heterocycles. The van der Waals surface area contributed by atoms with E-state index in [9.17, 15) is 4.79 Å². The third-order valence-corrected chi connectivity index (χ3v) is 12.0. The average Bonchev–Trinajstić information content (AvgIpc) is 2.95. The summed E-state index contributed by atoms with van der Waals surface area (Å²) >= 11 is 1.66. The van der Waals surface area contributed by atoms with E-state index in [0.717, 1.165) is 44.3 Å². The van der Waals surface area contributed by atoms with Crippen molar-refractivity contribution in [3.05, 3.63) is 126 Å². The van der Waals surface area contributed by atoms with Gasteiger partial charge in [-0.2, -0.15) is 4.99 Å². The summed E-state index contributed by atoms with van der Waals surface area (Å²) in [6.45, 7) is 1.60. The fraction of sp³-hybridized carbons (Fsp3) is 0.125. The van der Waals surface area contributed by atoms with E-state index in [-0.39, 0.29) is 5.91 Å². The van der Waals surface area contributed by atoms with E-state index in [2.05, 4.69) is 84.7 Å². The van der Waals surface area contributed by atoms with Gasteiger partial charge in [-0.3, -0.25) is 4.79 Å². The second-order valence-electron chi connectivity index (χ2n) is 8.90. The van der Waals surface area contributed by atoms with Gasteiger partial charge in [0, 0.05) is 5.56 Å². The maximum Gasteiger partial charge on any atom is 0.282 e. The van der Waals surface area contributed by atoms with Crippen LogP contribution in [0.1, 0.15) is 24.5 Å². The van der Waals surface area contributed by atoms with Crippen LogP contribution in [0.3, 0.4) is 0 Å². The number of amidine groups is 1. The van der Waals surface area contributed by atoms with Gasteiger partial charge >= 0.3 is 0 Å². The molecule has 5 rings (SSSR count). The average molecular weight is 521 g/mol. The SMILES string of the molecule is CCCSC1=NC(c2ccc(C)cc2)=NC(=O)C1=P(c1ccccc1)(c1ccccc1)c1ccccc1. The zero-order valence-electron chi connectivity index (χ0n) is 21.0. The Kier molecular flexibility index (Phi) is 7.69. The molecule has 37 heavy (non-hydrogen) atoms. The Morgan fingerprint density at radius 2 is 1.16 bits per heavy atom. The highest BCUT2D eigenvalue weighted by Gasteiger charge is 2.37. The third-order valence-electron chi connectivity index (χ3n) is 6.34. The summed E-state index contributed by atoms with van der Waals surface area (Å²) in [4.78, 5) is 24.0. The summed E-state index contributed by atoms with van der Waals surface area (Å²) in [5.41, 5.74) is 2.01. The minimum absolute atomic E-state index is 0.200. The number of benzene rings is 4. The molecule has 0 radical (unpaired) electrons. The first-order valence-electron chi connectivity index (χ1n) is 12.5. The van der Waals surface area contributed by atoms with Crippen LogP contribution in [-0.2, 0) is 4.79 Å². The molecule has 0 aromatic heterocycles. The number of rotatable bonds is 6. The highest BCUT2D eigenvalue weighted by Crippen LogP contribution is 2.48. The first-order valence-corrected chi connectivity index (χ1v) is 15.3. The molecule has 5 heteroatoms. The smallest absolute Gasteiger partial charge is 0.267 e. The Morgan fingerprint density at radius 3 is 1.62 bits per heavy atom. The number of aliphatic imine (C=N–C) groups is 2. The van der Waals surface area contributed by atoms with Crippen LogP contribution in [0.4, 0.5) is 0 Å². The molecular formula is C32H29N2OPS. The first-order chi connectivity index (χ1) is 18.1. The van der Waals surface area contributed by atoms with Crippen LogP contribution in [0.5, 0.6) is 0 Å². The highest BCUT2D eigenvalue weighted by atomic mass is 32.2. The molecule has 0 fully saturated rings. The normalized spacial score (nSPS) is 13.8. The van der Waals surface area contributed by atoms with Crippen molar-refractivity contribution in [1.82, 2.24) is 0 Å². The molecule has 1 amide bonds. The van der Waals surface area contributed by atoms with Crippen molar-refractivity contribution in [3.63, 3.8) is 0 Å². The van der Waals surface area contributed by atoms with Gasteiger partial charge in [-0.1, -0.05) is 128 Å². The molecule has 3 nitrogen and oxygen atoms in total. The molecule has 0 aliphatic carbocycles. The van der Waals surface area contributed by atoms with Crippen molar-refractivity contribution >= 4 is 56.6 Å². The van der Waals surface area contributed by atoms with Crippen molar-refractivity contribution in [1.29, 1.82) is 0 Å². The Bertz CT molecular complexity index is 1410. The monoisotopic (exact) mass is 520 g/mol. The molecule has 1 aliphatic rings. The van der Waals surface area contributed by atoms with E-state index < -0.39 is 6.89 Å². The maximum absolute atomic E-state index is 14.3. The van der Waals surface area contributed by atoms with Gasteiger partial charge in [-0.25, -0.2) is 4.99 Å². The quantitative estimate of drug-likeness (QED) is 0.293. The van der Waals surface area contributed by atoms with Gasteiger partial charge in [0.1, 0.15) is 5.04 Å². The number of aryl methyl sites for hydroxylation is 1. The van der Waals surface area contributed by atoms with Crippen LogP contribution in [0.15, 0.2) is 125 Å². The predicted molar refractivity (Wildman–Crippen MR) is 163 cm³/mol. The predicted octanol–water partition coefficient (Wildman–Crippen LogP) is 5.99. The number of hydrogen-bond acceptors (Lipinski definition) is 3. The number of hydrogen-bond donors (Lipinski definition) is 0. The van der Waals surface area contributed by atoms with E-state index in [1.807, 2.05) is 49.4 Å². The lowest BCUT2D eigenvalue weighted by atomic mass is 10.1. The zero-order chi connectivity index (χ0) is 25.7. The largest absolute Gasteiger partial charge is 0.282 e. The highest BCUT2D eigenvalue weighted by molar-refractivity contribution is 8.18. The van der Waals surface area contributed by atoms with E-state index in [4.69, 9.17) is 4.99 Å². The molecule has 1 aliphatic heterocycles. The van der Waals surface area contributed by atoms with Gasteiger partial charge in [0.15, 0.2) is 5.84 Å². The molecule has 0 saturated carbocycles. The summed E-state index contributed by atoms with van der Waals surface area (Å²) in [7, 11) is 0. The maximum atomic E-state index is 14.3. The van der Waals surface area contributed by atoms with Crippen LogP contribution in [0.25, 0.3) is 0 Å². The molecule has 4 aromatic rings. The molecule has 4 aromatic carbocycles. The molecule has 0 bridgehead atoms. The summed E-state index contributed by atoms with van der Waals surface area (Å²) in [5, 5.41) is 4.85. The second-order valence-corrected chi connectivity index (χ2v) is 13.3. The molecule has 0 unspecified atom stereocenters. The van der Waals surface area contributed by atoms with Gasteiger partial charge in [-0.05, 0) is 41.9 Å². The van der Waals surface area contributed by atoms with Gasteiger partial charge < -0.3 is 0 Å². The molecule has 1 heterocycles. The van der Waals surface area contributed by atoms with Crippen molar-refractivity contribution in [3.8, 4) is 0 Å². The molecule has 0 atom stereocenters. The lowest BCUT2D eigenvalue weighted by Crippen LogP contribution is -2.38. The van der Waals surface area contributed by atoms with Crippen LogP contribution in [0, 0.1) is 6.92 Å². The van der Waals surface area contributed by atoms with E-state index >= 15 is 0 Å². The van der Waals surface area contributed by atoms with Crippen molar-refractivity contribution in [2.75, 3.05) is 5.75 Å². The summed E-state index contributed by atoms with van der Waals surface area (Å²) < 4.78 is 0.